The lowest BCUT2D eigenvalue weighted by Crippen LogP contribution is -2.48. The van der Waals surface area contributed by atoms with Gasteiger partial charge >= 0.3 is 0 Å². The number of carbonyl (C=O) groups is 1. The normalized spacial score (nSPS) is 13.5. The van der Waals surface area contributed by atoms with E-state index in [1.54, 1.807) is 6.08 Å². The Morgan fingerprint density at radius 3 is 1.02 bits per heavy atom. The highest BCUT2D eigenvalue weighted by molar-refractivity contribution is 5.80. The van der Waals surface area contributed by atoms with E-state index < -0.39 is 24.2 Å². The van der Waals surface area contributed by atoms with Crippen LogP contribution < -0.4 is 5.32 Å². The number of aliphatic hydroxyl groups excluding tert-OH is 3. The van der Waals surface area contributed by atoms with Gasteiger partial charge in [0.25, 0.3) is 0 Å². The van der Waals surface area contributed by atoms with E-state index in [9.17, 15) is 20.1 Å². The summed E-state index contributed by atoms with van der Waals surface area (Å²) in [5, 5.41) is 33.3. The smallest absolute Gasteiger partial charge is 0.249 e. The Kier molecular flexibility index (Phi) is 49.5. The zero-order valence-corrected chi connectivity index (χ0v) is 40.6. The SMILES string of the molecule is CCCCCCCCCCCCCCCC/C=C/CC/C=C/C(O)C(CO)NC(=O)C(O)CCCCCCCCCCCCCCCCCCCCCCCCCCCC. The second-order valence-electron chi connectivity index (χ2n) is 18.8. The van der Waals surface area contributed by atoms with E-state index >= 15 is 0 Å². The van der Waals surface area contributed by atoms with Gasteiger partial charge in [-0.1, -0.05) is 289 Å². The molecule has 0 bridgehead atoms. The summed E-state index contributed by atoms with van der Waals surface area (Å²) in [6.07, 6.45) is 63.9. The molecule has 1 amide bonds. The molecule has 3 unspecified atom stereocenters. The summed E-state index contributed by atoms with van der Waals surface area (Å²) < 4.78 is 0. The zero-order chi connectivity index (χ0) is 43.7. The second kappa shape index (κ2) is 50.5. The molecule has 0 aromatic heterocycles. The van der Waals surface area contributed by atoms with Gasteiger partial charge in [0.05, 0.1) is 18.8 Å². The van der Waals surface area contributed by atoms with E-state index in [1.807, 2.05) is 6.08 Å². The van der Waals surface area contributed by atoms with E-state index in [1.165, 1.54) is 238 Å². The molecule has 60 heavy (non-hydrogen) atoms. The van der Waals surface area contributed by atoms with E-state index in [4.69, 9.17) is 0 Å². The van der Waals surface area contributed by atoms with Gasteiger partial charge in [-0.05, 0) is 32.1 Å². The van der Waals surface area contributed by atoms with E-state index in [0.29, 0.717) is 6.42 Å². The van der Waals surface area contributed by atoms with Gasteiger partial charge < -0.3 is 20.6 Å². The molecule has 0 rings (SSSR count). The summed E-state index contributed by atoms with van der Waals surface area (Å²) >= 11 is 0. The second-order valence-corrected chi connectivity index (χ2v) is 18.8. The van der Waals surface area contributed by atoms with E-state index in [2.05, 4.69) is 31.3 Å². The molecule has 356 valence electrons. The third-order valence-electron chi connectivity index (χ3n) is 12.8. The predicted molar refractivity (Wildman–Crippen MR) is 264 cm³/mol. The number of allylic oxidation sites excluding steroid dienone is 3. The zero-order valence-electron chi connectivity index (χ0n) is 40.6. The van der Waals surface area contributed by atoms with Crippen molar-refractivity contribution in [3.63, 3.8) is 0 Å². The number of hydrogen-bond donors (Lipinski definition) is 4. The summed E-state index contributed by atoms with van der Waals surface area (Å²) in [5.74, 6) is -0.507. The average Bonchev–Trinajstić information content (AvgIpc) is 3.25. The monoisotopic (exact) mass is 846 g/mol. The largest absolute Gasteiger partial charge is 0.394 e. The maximum absolute atomic E-state index is 12.5. The number of hydrogen-bond acceptors (Lipinski definition) is 4. The molecule has 0 aromatic carbocycles. The lowest BCUT2D eigenvalue weighted by molar-refractivity contribution is -0.131. The van der Waals surface area contributed by atoms with E-state index in [-0.39, 0.29) is 6.61 Å². The number of carbonyl (C=O) groups excluding carboxylic acids is 1. The maximum Gasteiger partial charge on any atom is 0.249 e. The topological polar surface area (TPSA) is 89.8 Å². The van der Waals surface area contributed by atoms with Crippen LogP contribution in [0.1, 0.15) is 296 Å². The molecule has 0 fully saturated rings. The van der Waals surface area contributed by atoms with Crippen LogP contribution in [0.4, 0.5) is 0 Å². The first-order valence-electron chi connectivity index (χ1n) is 27.2. The summed E-state index contributed by atoms with van der Waals surface area (Å²) in [4.78, 5) is 12.5. The van der Waals surface area contributed by atoms with Gasteiger partial charge in [-0.25, -0.2) is 0 Å². The molecule has 0 saturated carbocycles. The molecular weight excluding hydrogens is 739 g/mol. The number of amides is 1. The molecule has 0 aliphatic rings. The van der Waals surface area contributed by atoms with Gasteiger partial charge in [-0.15, -0.1) is 0 Å². The van der Waals surface area contributed by atoms with Crippen LogP contribution in [0.2, 0.25) is 0 Å². The van der Waals surface area contributed by atoms with Gasteiger partial charge in [0, 0.05) is 0 Å². The van der Waals surface area contributed by atoms with Crippen molar-refractivity contribution < 1.29 is 20.1 Å². The van der Waals surface area contributed by atoms with Gasteiger partial charge in [-0.2, -0.15) is 0 Å². The lowest BCUT2D eigenvalue weighted by atomic mass is 10.0. The number of nitrogens with one attached hydrogen (secondary N) is 1. The van der Waals surface area contributed by atoms with Gasteiger partial charge in [0.15, 0.2) is 0 Å². The fraction of sp³-hybridized carbons (Fsp3) is 0.909. The molecule has 0 saturated heterocycles. The van der Waals surface area contributed by atoms with Crippen LogP contribution in [-0.2, 0) is 4.79 Å². The van der Waals surface area contributed by atoms with E-state index in [0.717, 1.165) is 38.5 Å². The van der Waals surface area contributed by atoms with Gasteiger partial charge in [-0.3, -0.25) is 4.79 Å². The highest BCUT2D eigenvalue weighted by Gasteiger charge is 2.22. The molecule has 3 atom stereocenters. The molecule has 5 nitrogen and oxygen atoms in total. The Balaban J connectivity index is 3.58. The van der Waals surface area contributed by atoms with Crippen LogP contribution in [0.5, 0.6) is 0 Å². The third kappa shape index (κ3) is 44.9. The summed E-state index contributed by atoms with van der Waals surface area (Å²) in [6, 6.07) is -0.812. The first-order chi connectivity index (χ1) is 29.6. The fourth-order valence-electron chi connectivity index (χ4n) is 8.56. The van der Waals surface area contributed by atoms with Crippen LogP contribution >= 0.6 is 0 Å². The molecule has 0 aromatic rings. The van der Waals surface area contributed by atoms with Crippen molar-refractivity contribution in [1.29, 1.82) is 0 Å². The first kappa shape index (κ1) is 58.8. The average molecular weight is 846 g/mol. The van der Waals surface area contributed by atoms with Crippen LogP contribution in [0.3, 0.4) is 0 Å². The Morgan fingerprint density at radius 1 is 0.400 bits per heavy atom. The summed E-state index contributed by atoms with van der Waals surface area (Å²) in [7, 11) is 0. The minimum atomic E-state index is -1.10. The number of aliphatic hydroxyl groups is 3. The highest BCUT2D eigenvalue weighted by atomic mass is 16.3. The maximum atomic E-state index is 12.5. The summed E-state index contributed by atoms with van der Waals surface area (Å²) in [6.45, 7) is 4.21. The van der Waals surface area contributed by atoms with Crippen molar-refractivity contribution >= 4 is 5.91 Å². The van der Waals surface area contributed by atoms with Gasteiger partial charge in [0.2, 0.25) is 5.91 Å². The van der Waals surface area contributed by atoms with Crippen LogP contribution in [0.25, 0.3) is 0 Å². The van der Waals surface area contributed by atoms with Crippen molar-refractivity contribution in [3.05, 3.63) is 24.3 Å². The highest BCUT2D eigenvalue weighted by Crippen LogP contribution is 2.17. The quantitative estimate of drug-likeness (QED) is 0.0363. The number of unbranched alkanes of at least 4 members (excludes halogenated alkanes) is 40. The Morgan fingerprint density at radius 2 is 0.683 bits per heavy atom. The summed E-state index contributed by atoms with van der Waals surface area (Å²) in [5.41, 5.74) is 0. The third-order valence-corrected chi connectivity index (χ3v) is 12.8. The first-order valence-corrected chi connectivity index (χ1v) is 27.2. The van der Waals surface area contributed by atoms with Crippen molar-refractivity contribution in [1.82, 2.24) is 5.32 Å². The Labute approximate surface area is 375 Å². The Bertz CT molecular complexity index is 890. The fourth-order valence-corrected chi connectivity index (χ4v) is 8.56. The molecule has 0 spiro atoms. The van der Waals surface area contributed by atoms with Crippen LogP contribution in [-0.4, -0.2) is 46.1 Å². The minimum Gasteiger partial charge on any atom is -0.394 e. The molecule has 0 aliphatic heterocycles. The predicted octanol–water partition coefficient (Wildman–Crippen LogP) is 16.5. The van der Waals surface area contributed by atoms with Crippen molar-refractivity contribution in [2.75, 3.05) is 6.61 Å². The van der Waals surface area contributed by atoms with Crippen molar-refractivity contribution in [2.24, 2.45) is 0 Å². The van der Waals surface area contributed by atoms with Crippen molar-refractivity contribution in [3.8, 4) is 0 Å². The molecule has 0 heterocycles. The Hall–Kier alpha value is -1.17. The van der Waals surface area contributed by atoms with Crippen LogP contribution in [0, 0.1) is 0 Å². The molecular formula is C55H107NO4. The minimum absolute atomic E-state index is 0.372. The molecule has 4 N–H and O–H groups in total. The molecule has 5 heteroatoms. The van der Waals surface area contributed by atoms with Crippen molar-refractivity contribution in [2.45, 2.75) is 315 Å². The molecule has 0 radical (unpaired) electrons. The standard InChI is InChI=1S/C55H107NO4/c1-3-5-7-9-11-13-15-17-19-21-23-25-26-27-28-29-30-32-34-36-38-40-42-44-46-48-50-54(59)55(60)56-52(51-57)53(58)49-47-45-43-41-39-37-35-33-31-24-22-20-18-16-14-12-10-8-6-4-2/h39,41,47,49,52-54,57-59H,3-38,40,42-46,48,50-51H2,1-2H3,(H,56,60)/b41-39+,49-47+. The lowest BCUT2D eigenvalue weighted by Gasteiger charge is -2.21. The molecule has 0 aliphatic carbocycles. The van der Waals surface area contributed by atoms with Gasteiger partial charge in [0.1, 0.15) is 6.10 Å². The number of rotatable bonds is 50. The van der Waals surface area contributed by atoms with Crippen LogP contribution in [0.15, 0.2) is 24.3 Å².